The molecule has 0 aromatic carbocycles. The number of aryl methyl sites for hydroxylation is 1. The molecule has 7 heteroatoms. The van der Waals surface area contributed by atoms with Crippen molar-refractivity contribution in [3.05, 3.63) is 11.7 Å². The second-order valence-corrected chi connectivity index (χ2v) is 5.90. The van der Waals surface area contributed by atoms with E-state index in [2.05, 4.69) is 46.5 Å². The molecule has 0 bridgehead atoms. The molecule has 0 aliphatic heterocycles. The van der Waals surface area contributed by atoms with Crippen molar-refractivity contribution in [2.45, 2.75) is 47.3 Å². The second kappa shape index (κ2) is 7.97. The van der Waals surface area contributed by atoms with Crippen LogP contribution in [0.15, 0.2) is 9.52 Å². The minimum Gasteiger partial charge on any atom is -0.379 e. The van der Waals surface area contributed by atoms with Crippen molar-refractivity contribution in [3.8, 4) is 0 Å². The molecular weight excluding hydrogens is 270 g/mol. The van der Waals surface area contributed by atoms with Crippen LogP contribution in [0.2, 0.25) is 0 Å². The maximum absolute atomic E-state index is 5.52. The summed E-state index contributed by atoms with van der Waals surface area (Å²) in [6.45, 7) is 12.1. The molecular formula is C14H27N5O2. The van der Waals surface area contributed by atoms with Crippen molar-refractivity contribution in [2.75, 3.05) is 20.2 Å². The van der Waals surface area contributed by atoms with Gasteiger partial charge in [-0.25, -0.2) is 4.99 Å². The van der Waals surface area contributed by atoms with E-state index in [9.17, 15) is 0 Å². The zero-order valence-electron chi connectivity index (χ0n) is 13.9. The number of aromatic nitrogens is 2. The topological polar surface area (TPSA) is 84.6 Å². The highest BCUT2D eigenvalue weighted by Crippen LogP contribution is 2.20. The number of nitrogens with one attached hydrogen (secondary N) is 2. The summed E-state index contributed by atoms with van der Waals surface area (Å²) in [6.07, 6.45) is 0.0898. The molecule has 1 heterocycles. The van der Waals surface area contributed by atoms with E-state index >= 15 is 0 Å². The Morgan fingerprint density at radius 1 is 1.38 bits per heavy atom. The molecule has 0 aliphatic carbocycles. The Labute approximate surface area is 126 Å². The molecule has 1 unspecified atom stereocenters. The standard InChI is InChI=1S/C14H27N5O2/c1-7-15-13(16-8-11(20-6)14(3,4)5)17-9-12-18-10(2)19-21-12/h11H,7-9H2,1-6H3,(H2,15,16,17). The number of guanidine groups is 1. The minimum absolute atomic E-state index is 0.0582. The van der Waals surface area contributed by atoms with Crippen molar-refractivity contribution >= 4 is 5.96 Å². The molecule has 1 rings (SSSR count). The molecule has 2 N–H and O–H groups in total. The molecule has 0 saturated carbocycles. The highest BCUT2D eigenvalue weighted by molar-refractivity contribution is 5.79. The van der Waals surface area contributed by atoms with E-state index < -0.39 is 0 Å². The van der Waals surface area contributed by atoms with Gasteiger partial charge in [0.05, 0.1) is 6.10 Å². The number of ether oxygens (including phenoxy) is 1. The molecule has 0 fully saturated rings. The quantitative estimate of drug-likeness (QED) is 0.611. The molecule has 7 nitrogen and oxygen atoms in total. The van der Waals surface area contributed by atoms with Gasteiger partial charge < -0.3 is 19.9 Å². The Hall–Kier alpha value is -1.63. The fourth-order valence-corrected chi connectivity index (χ4v) is 1.83. The van der Waals surface area contributed by atoms with E-state index in [4.69, 9.17) is 9.26 Å². The molecule has 1 atom stereocenters. The van der Waals surface area contributed by atoms with E-state index in [-0.39, 0.29) is 11.5 Å². The zero-order valence-corrected chi connectivity index (χ0v) is 13.9. The number of hydrogen-bond donors (Lipinski definition) is 2. The van der Waals surface area contributed by atoms with Gasteiger partial charge in [-0.1, -0.05) is 25.9 Å². The largest absolute Gasteiger partial charge is 0.379 e. The van der Waals surface area contributed by atoms with Gasteiger partial charge in [0.2, 0.25) is 5.89 Å². The second-order valence-electron chi connectivity index (χ2n) is 5.90. The first-order valence-electron chi connectivity index (χ1n) is 7.21. The SMILES string of the molecule is CCNC(=NCc1nc(C)no1)NCC(OC)C(C)(C)C. The van der Waals surface area contributed by atoms with Crippen LogP contribution in [0, 0.1) is 12.3 Å². The smallest absolute Gasteiger partial charge is 0.248 e. The Balaban J connectivity index is 2.60. The van der Waals surface area contributed by atoms with Crippen molar-refractivity contribution in [2.24, 2.45) is 10.4 Å². The van der Waals surface area contributed by atoms with Crippen LogP contribution in [0.5, 0.6) is 0 Å². The lowest BCUT2D eigenvalue weighted by Gasteiger charge is -2.30. The zero-order chi connectivity index (χ0) is 15.9. The summed E-state index contributed by atoms with van der Waals surface area (Å²) in [4.78, 5) is 8.56. The van der Waals surface area contributed by atoms with Crippen LogP contribution in [0.3, 0.4) is 0 Å². The van der Waals surface area contributed by atoms with Gasteiger partial charge in [0.25, 0.3) is 0 Å². The summed E-state index contributed by atoms with van der Waals surface area (Å²) in [6, 6.07) is 0. The minimum atomic E-state index is 0.0582. The van der Waals surface area contributed by atoms with Crippen molar-refractivity contribution < 1.29 is 9.26 Å². The third-order valence-corrected chi connectivity index (χ3v) is 2.99. The van der Waals surface area contributed by atoms with Crippen LogP contribution in [0.4, 0.5) is 0 Å². The predicted molar refractivity (Wildman–Crippen MR) is 82.1 cm³/mol. The van der Waals surface area contributed by atoms with Gasteiger partial charge in [0, 0.05) is 20.2 Å². The molecule has 0 spiro atoms. The number of aliphatic imine (C=N–C) groups is 1. The monoisotopic (exact) mass is 297 g/mol. The number of nitrogens with zero attached hydrogens (tertiary/aromatic N) is 3. The van der Waals surface area contributed by atoms with Crippen LogP contribution in [-0.4, -0.2) is 42.4 Å². The lowest BCUT2D eigenvalue weighted by molar-refractivity contribution is 0.0205. The molecule has 21 heavy (non-hydrogen) atoms. The van der Waals surface area contributed by atoms with Gasteiger partial charge >= 0.3 is 0 Å². The van der Waals surface area contributed by atoms with Gasteiger partial charge in [-0.05, 0) is 19.3 Å². The van der Waals surface area contributed by atoms with E-state index in [0.29, 0.717) is 30.8 Å². The van der Waals surface area contributed by atoms with Crippen molar-refractivity contribution in [1.29, 1.82) is 0 Å². The molecule has 120 valence electrons. The summed E-state index contributed by atoms with van der Waals surface area (Å²) in [5, 5.41) is 10.2. The van der Waals surface area contributed by atoms with Gasteiger partial charge in [0.1, 0.15) is 6.54 Å². The maximum Gasteiger partial charge on any atom is 0.248 e. The first kappa shape index (κ1) is 17.4. The number of hydrogen-bond acceptors (Lipinski definition) is 5. The maximum atomic E-state index is 5.52. The van der Waals surface area contributed by atoms with Crippen LogP contribution < -0.4 is 10.6 Å². The highest BCUT2D eigenvalue weighted by Gasteiger charge is 2.24. The van der Waals surface area contributed by atoms with Gasteiger partial charge in [-0.3, -0.25) is 0 Å². The molecule has 1 aromatic heterocycles. The van der Waals surface area contributed by atoms with Crippen molar-refractivity contribution in [1.82, 2.24) is 20.8 Å². The summed E-state index contributed by atoms with van der Waals surface area (Å²) in [7, 11) is 1.73. The Morgan fingerprint density at radius 2 is 2.10 bits per heavy atom. The molecule has 0 saturated heterocycles. The average molecular weight is 297 g/mol. The molecule has 0 amide bonds. The summed E-state index contributed by atoms with van der Waals surface area (Å²) in [5.41, 5.74) is 0.0582. The Morgan fingerprint density at radius 3 is 2.57 bits per heavy atom. The molecule has 0 radical (unpaired) electrons. The van der Waals surface area contributed by atoms with E-state index in [1.54, 1.807) is 14.0 Å². The van der Waals surface area contributed by atoms with Crippen LogP contribution in [0.1, 0.15) is 39.4 Å². The molecule has 1 aromatic rings. The highest BCUT2D eigenvalue weighted by atomic mass is 16.5. The van der Waals surface area contributed by atoms with Crippen molar-refractivity contribution in [3.63, 3.8) is 0 Å². The van der Waals surface area contributed by atoms with Gasteiger partial charge in [-0.2, -0.15) is 4.98 Å². The molecule has 0 aliphatic rings. The Bertz CT molecular complexity index is 450. The fraction of sp³-hybridized carbons (Fsp3) is 0.786. The van der Waals surface area contributed by atoms with Crippen LogP contribution in [0.25, 0.3) is 0 Å². The predicted octanol–water partition coefficient (Wildman–Crippen LogP) is 1.49. The fourth-order valence-electron chi connectivity index (χ4n) is 1.83. The van der Waals surface area contributed by atoms with Gasteiger partial charge in [-0.15, -0.1) is 0 Å². The lowest BCUT2D eigenvalue weighted by atomic mass is 9.89. The number of rotatable bonds is 6. The van der Waals surface area contributed by atoms with E-state index in [1.165, 1.54) is 0 Å². The van der Waals surface area contributed by atoms with Crippen LogP contribution >= 0.6 is 0 Å². The summed E-state index contributed by atoms with van der Waals surface area (Å²) < 4.78 is 10.6. The third-order valence-electron chi connectivity index (χ3n) is 2.99. The van der Waals surface area contributed by atoms with Gasteiger partial charge in [0.15, 0.2) is 11.8 Å². The Kier molecular flexibility index (Phi) is 6.61. The van der Waals surface area contributed by atoms with Crippen LogP contribution in [-0.2, 0) is 11.3 Å². The first-order chi connectivity index (χ1) is 9.86. The average Bonchev–Trinajstić information content (AvgIpc) is 2.80. The normalized spacial score (nSPS) is 14.1. The van der Waals surface area contributed by atoms with E-state index in [0.717, 1.165) is 6.54 Å². The first-order valence-corrected chi connectivity index (χ1v) is 7.21. The summed E-state index contributed by atoms with van der Waals surface area (Å²) >= 11 is 0. The lowest BCUT2D eigenvalue weighted by Crippen LogP contribution is -2.45. The van der Waals surface area contributed by atoms with E-state index in [1.807, 2.05) is 6.92 Å². The number of methoxy groups -OCH3 is 1. The summed E-state index contributed by atoms with van der Waals surface area (Å²) in [5.74, 6) is 1.83. The third kappa shape index (κ3) is 6.12.